The fraction of sp³-hybridized carbons (Fsp3) is 0.0690. The van der Waals surface area contributed by atoms with Gasteiger partial charge in [-0.2, -0.15) is 0 Å². The first kappa shape index (κ1) is 19.5. The smallest absolute Gasteiger partial charge is 0.171 e. The van der Waals surface area contributed by atoms with Gasteiger partial charge < -0.3 is 0 Å². The summed E-state index contributed by atoms with van der Waals surface area (Å²) < 4.78 is 0. The molecule has 1 aliphatic rings. The molecule has 5 rings (SSSR count). The van der Waals surface area contributed by atoms with E-state index in [9.17, 15) is 4.79 Å². The van der Waals surface area contributed by atoms with Crippen molar-refractivity contribution in [1.29, 1.82) is 0 Å². The minimum atomic E-state index is -0.299. The molecule has 0 spiro atoms. The van der Waals surface area contributed by atoms with Gasteiger partial charge in [-0.1, -0.05) is 115 Å². The van der Waals surface area contributed by atoms with E-state index < -0.39 is 0 Å². The molecule has 0 amide bonds. The number of hydrogen-bond acceptors (Lipinski definition) is 1. The minimum Gasteiger partial charge on any atom is -0.293 e. The minimum absolute atomic E-state index is 0.0879. The average molecular weight is 421 g/mol. The highest BCUT2D eigenvalue weighted by atomic mass is 35.5. The van der Waals surface area contributed by atoms with Crippen molar-refractivity contribution in [1.82, 2.24) is 0 Å². The molecule has 1 nitrogen and oxygen atoms in total. The van der Waals surface area contributed by atoms with E-state index in [1.807, 2.05) is 72.8 Å². The lowest BCUT2D eigenvalue weighted by Gasteiger charge is -2.32. The predicted molar refractivity (Wildman–Crippen MR) is 128 cm³/mol. The fourth-order valence-electron chi connectivity index (χ4n) is 4.50. The maximum absolute atomic E-state index is 13.8. The standard InChI is InChI=1S/C29H21ClO/c30-23-17-15-21(16-18-23)27-19-26(20-9-3-1-4-10-20)24-13-7-8-14-25(24)28(27)29(31)22-11-5-2-6-12-22/h1-19,27-28H/t27-,28+/m0/s1. The molecule has 4 aromatic carbocycles. The Hall–Kier alpha value is -3.42. The molecular formula is C29H21ClO. The summed E-state index contributed by atoms with van der Waals surface area (Å²) in [5, 5.41) is 0.693. The SMILES string of the molecule is O=C(c1ccccc1)[C@@H]1c2ccccc2C(c2ccccc2)=C[C@H]1c1ccc(Cl)cc1. The quantitative estimate of drug-likeness (QED) is 0.312. The molecule has 150 valence electrons. The van der Waals surface area contributed by atoms with Gasteiger partial charge in [-0.3, -0.25) is 4.79 Å². The van der Waals surface area contributed by atoms with Crippen molar-refractivity contribution in [3.05, 3.63) is 148 Å². The third-order valence-corrected chi connectivity index (χ3v) is 6.22. The number of Topliss-reactive ketones (excluding diaryl/α,β-unsaturated/α-hetero) is 1. The second-order valence-corrected chi connectivity index (χ2v) is 8.26. The van der Waals surface area contributed by atoms with Crippen LogP contribution in [0.4, 0.5) is 0 Å². The molecule has 0 saturated heterocycles. The van der Waals surface area contributed by atoms with Crippen molar-refractivity contribution in [3.8, 4) is 0 Å². The molecule has 0 unspecified atom stereocenters. The number of benzene rings is 4. The van der Waals surface area contributed by atoms with Gasteiger partial charge in [0.05, 0.1) is 5.92 Å². The molecule has 0 radical (unpaired) electrons. The van der Waals surface area contributed by atoms with Gasteiger partial charge in [0.15, 0.2) is 5.78 Å². The van der Waals surface area contributed by atoms with Gasteiger partial charge in [-0.25, -0.2) is 0 Å². The summed E-state index contributed by atoms with van der Waals surface area (Å²) in [7, 11) is 0. The topological polar surface area (TPSA) is 17.1 Å². The molecule has 31 heavy (non-hydrogen) atoms. The lowest BCUT2D eigenvalue weighted by Crippen LogP contribution is -2.24. The van der Waals surface area contributed by atoms with Crippen LogP contribution >= 0.6 is 11.6 Å². The van der Waals surface area contributed by atoms with Crippen LogP contribution in [0.25, 0.3) is 5.57 Å². The molecule has 0 bridgehead atoms. The zero-order valence-corrected chi connectivity index (χ0v) is 17.7. The van der Waals surface area contributed by atoms with E-state index in [0.717, 1.165) is 33.4 Å². The van der Waals surface area contributed by atoms with Crippen molar-refractivity contribution in [2.75, 3.05) is 0 Å². The van der Waals surface area contributed by atoms with Crippen molar-refractivity contribution < 1.29 is 4.79 Å². The van der Waals surface area contributed by atoms with E-state index in [4.69, 9.17) is 11.6 Å². The molecule has 0 N–H and O–H groups in total. The van der Waals surface area contributed by atoms with Crippen LogP contribution < -0.4 is 0 Å². The Morgan fingerprint density at radius 1 is 0.677 bits per heavy atom. The molecule has 2 atom stereocenters. The second kappa shape index (κ2) is 8.37. The van der Waals surface area contributed by atoms with E-state index in [0.29, 0.717) is 5.02 Å². The molecule has 1 aliphatic carbocycles. The summed E-state index contributed by atoms with van der Waals surface area (Å²) >= 11 is 6.17. The van der Waals surface area contributed by atoms with Gasteiger partial charge in [0.25, 0.3) is 0 Å². The van der Waals surface area contributed by atoms with E-state index in [2.05, 4.69) is 42.5 Å². The van der Waals surface area contributed by atoms with E-state index >= 15 is 0 Å². The summed E-state index contributed by atoms with van der Waals surface area (Å²) in [4.78, 5) is 13.8. The van der Waals surface area contributed by atoms with Crippen LogP contribution in [0.2, 0.25) is 5.02 Å². The maximum atomic E-state index is 13.8. The summed E-state index contributed by atoms with van der Waals surface area (Å²) in [5.74, 6) is -0.251. The first-order valence-corrected chi connectivity index (χ1v) is 10.8. The Labute approximate surface area is 187 Å². The summed E-state index contributed by atoms with van der Waals surface area (Å²) in [6.45, 7) is 0. The zero-order chi connectivity index (χ0) is 21.2. The lowest BCUT2D eigenvalue weighted by molar-refractivity contribution is 0.0952. The first-order chi connectivity index (χ1) is 15.2. The van der Waals surface area contributed by atoms with E-state index in [1.165, 1.54) is 0 Å². The number of rotatable bonds is 4. The molecule has 2 heteroatoms. The van der Waals surface area contributed by atoms with Crippen molar-refractivity contribution in [2.24, 2.45) is 0 Å². The monoisotopic (exact) mass is 420 g/mol. The number of allylic oxidation sites excluding steroid dienone is 1. The van der Waals surface area contributed by atoms with Gasteiger partial charge >= 0.3 is 0 Å². The number of fused-ring (bicyclic) bond motifs is 1. The fourth-order valence-corrected chi connectivity index (χ4v) is 4.63. The summed E-state index contributed by atoms with van der Waals surface area (Å²) in [6, 6.07) is 36.1. The Bertz CT molecular complexity index is 1240. The second-order valence-electron chi connectivity index (χ2n) is 7.82. The van der Waals surface area contributed by atoms with Crippen LogP contribution in [0, 0.1) is 0 Å². The number of carbonyl (C=O) groups is 1. The average Bonchev–Trinajstić information content (AvgIpc) is 2.84. The third kappa shape index (κ3) is 3.73. The summed E-state index contributed by atoms with van der Waals surface area (Å²) in [5.41, 5.74) is 6.32. The number of halogens is 1. The van der Waals surface area contributed by atoms with Gasteiger partial charge in [-0.15, -0.1) is 0 Å². The highest BCUT2D eigenvalue weighted by Gasteiger charge is 2.36. The number of hydrogen-bond donors (Lipinski definition) is 0. The van der Waals surface area contributed by atoms with Crippen molar-refractivity contribution in [3.63, 3.8) is 0 Å². The molecule has 0 saturated carbocycles. The first-order valence-electron chi connectivity index (χ1n) is 10.4. The molecule has 0 heterocycles. The lowest BCUT2D eigenvalue weighted by atomic mass is 9.69. The molecule has 4 aromatic rings. The van der Waals surface area contributed by atoms with Crippen LogP contribution in [-0.4, -0.2) is 5.78 Å². The Balaban J connectivity index is 1.73. The predicted octanol–water partition coefficient (Wildman–Crippen LogP) is 7.54. The highest BCUT2D eigenvalue weighted by Crippen LogP contribution is 2.46. The summed E-state index contributed by atoms with van der Waals surface area (Å²) in [6.07, 6.45) is 2.26. The van der Waals surface area contributed by atoms with Crippen LogP contribution in [0.1, 0.15) is 44.4 Å². The number of carbonyl (C=O) groups excluding carboxylic acids is 1. The molecule has 0 fully saturated rings. The highest BCUT2D eigenvalue weighted by molar-refractivity contribution is 6.30. The van der Waals surface area contributed by atoms with Crippen LogP contribution in [0.15, 0.2) is 115 Å². The molecule has 0 aliphatic heterocycles. The molecular weight excluding hydrogens is 400 g/mol. The maximum Gasteiger partial charge on any atom is 0.171 e. The Morgan fingerprint density at radius 2 is 1.29 bits per heavy atom. The number of ketones is 1. The zero-order valence-electron chi connectivity index (χ0n) is 16.9. The van der Waals surface area contributed by atoms with Gasteiger partial charge in [0.1, 0.15) is 0 Å². The van der Waals surface area contributed by atoms with Crippen LogP contribution in [0.3, 0.4) is 0 Å². The Kier molecular flexibility index (Phi) is 5.28. The van der Waals surface area contributed by atoms with Crippen LogP contribution in [0.5, 0.6) is 0 Å². The molecule has 0 aromatic heterocycles. The Morgan fingerprint density at radius 3 is 2.00 bits per heavy atom. The third-order valence-electron chi connectivity index (χ3n) is 5.97. The van der Waals surface area contributed by atoms with E-state index in [1.54, 1.807) is 0 Å². The van der Waals surface area contributed by atoms with Crippen molar-refractivity contribution >= 4 is 23.0 Å². The van der Waals surface area contributed by atoms with Gasteiger partial charge in [-0.05, 0) is 40.0 Å². The van der Waals surface area contributed by atoms with Gasteiger partial charge in [0, 0.05) is 16.5 Å². The van der Waals surface area contributed by atoms with Crippen molar-refractivity contribution in [2.45, 2.75) is 11.8 Å². The van der Waals surface area contributed by atoms with Gasteiger partial charge in [0.2, 0.25) is 0 Å². The van der Waals surface area contributed by atoms with Crippen LogP contribution in [-0.2, 0) is 0 Å². The normalized spacial score (nSPS) is 17.5. The van der Waals surface area contributed by atoms with E-state index in [-0.39, 0.29) is 17.6 Å². The largest absolute Gasteiger partial charge is 0.293 e.